The van der Waals surface area contributed by atoms with E-state index in [0.717, 1.165) is 6.54 Å². The molecule has 0 unspecified atom stereocenters. The second kappa shape index (κ2) is 5.96. The monoisotopic (exact) mass is 247 g/mol. The zero-order chi connectivity index (χ0) is 12.1. The first kappa shape index (κ1) is 12.3. The molecule has 0 atom stereocenters. The molecule has 2 rings (SSSR count). The summed E-state index contributed by atoms with van der Waals surface area (Å²) in [7, 11) is 0. The molecule has 0 fully saturated rings. The van der Waals surface area contributed by atoms with Crippen LogP contribution in [0.25, 0.3) is 0 Å². The van der Waals surface area contributed by atoms with E-state index in [1.54, 1.807) is 0 Å². The van der Waals surface area contributed by atoms with Crippen LogP contribution in [0.4, 0.5) is 0 Å². The lowest BCUT2D eigenvalue weighted by Gasteiger charge is -2.05. The minimum absolute atomic E-state index is 0.600. The Morgan fingerprint density at radius 1 is 1.18 bits per heavy atom. The Bertz CT molecular complexity index is 464. The van der Waals surface area contributed by atoms with Crippen molar-refractivity contribution < 1.29 is 4.84 Å². The van der Waals surface area contributed by atoms with E-state index in [9.17, 15) is 0 Å². The van der Waals surface area contributed by atoms with E-state index in [0.29, 0.717) is 6.61 Å². The third kappa shape index (κ3) is 3.66. The number of hydrogen-bond donors (Lipinski definition) is 1. The average Bonchev–Trinajstić information content (AvgIpc) is 2.65. The number of nitrogens with one attached hydrogen (secondary N) is 1. The third-order valence-corrected chi connectivity index (χ3v) is 3.60. The van der Waals surface area contributed by atoms with Gasteiger partial charge in [-0.05, 0) is 31.0 Å². The predicted octanol–water partition coefficient (Wildman–Crippen LogP) is 3.59. The van der Waals surface area contributed by atoms with E-state index in [-0.39, 0.29) is 0 Å². The number of hydrogen-bond acceptors (Lipinski definition) is 3. The number of rotatable bonds is 5. The number of hydroxylamine groups is 1. The van der Waals surface area contributed by atoms with Crippen molar-refractivity contribution in [3.63, 3.8) is 0 Å². The second-order valence-corrected chi connectivity index (χ2v) is 5.49. The second-order valence-electron chi connectivity index (χ2n) is 4.03. The highest BCUT2D eigenvalue weighted by molar-refractivity contribution is 7.12. The van der Waals surface area contributed by atoms with Crippen molar-refractivity contribution in [2.24, 2.45) is 0 Å². The first-order valence-electron chi connectivity index (χ1n) is 5.70. The Hall–Kier alpha value is -1.16. The molecule has 0 spiro atoms. The minimum atomic E-state index is 0.600. The lowest BCUT2D eigenvalue weighted by atomic mass is 10.2. The van der Waals surface area contributed by atoms with Crippen molar-refractivity contribution in [3.8, 4) is 0 Å². The summed E-state index contributed by atoms with van der Waals surface area (Å²) < 4.78 is 0. The smallest absolute Gasteiger partial charge is 0.0933 e. The molecule has 17 heavy (non-hydrogen) atoms. The molecule has 3 heteroatoms. The van der Waals surface area contributed by atoms with Gasteiger partial charge in [0.05, 0.1) is 6.61 Å². The first-order valence-corrected chi connectivity index (χ1v) is 6.52. The Morgan fingerprint density at radius 3 is 2.59 bits per heavy atom. The fourth-order valence-electron chi connectivity index (χ4n) is 1.70. The van der Waals surface area contributed by atoms with E-state index in [2.05, 4.69) is 37.5 Å². The van der Waals surface area contributed by atoms with Gasteiger partial charge in [0.15, 0.2) is 0 Å². The van der Waals surface area contributed by atoms with Gasteiger partial charge in [-0.1, -0.05) is 30.3 Å². The molecule has 1 aromatic heterocycles. The molecule has 2 nitrogen and oxygen atoms in total. The van der Waals surface area contributed by atoms with Crippen molar-refractivity contribution in [3.05, 3.63) is 57.3 Å². The molecule has 0 saturated heterocycles. The Balaban J connectivity index is 1.75. The van der Waals surface area contributed by atoms with Gasteiger partial charge < -0.3 is 0 Å². The molecular formula is C14H17NOS. The van der Waals surface area contributed by atoms with Crippen LogP contribution in [0.5, 0.6) is 0 Å². The normalized spacial score (nSPS) is 10.7. The minimum Gasteiger partial charge on any atom is -0.297 e. The summed E-state index contributed by atoms with van der Waals surface area (Å²) in [6.45, 7) is 5.64. The zero-order valence-corrected chi connectivity index (χ0v) is 11.0. The summed E-state index contributed by atoms with van der Waals surface area (Å²) in [6.07, 6.45) is 0. The maximum Gasteiger partial charge on any atom is 0.0933 e. The van der Waals surface area contributed by atoms with E-state index in [1.165, 1.54) is 20.9 Å². The number of thiophene rings is 1. The largest absolute Gasteiger partial charge is 0.297 e. The number of benzene rings is 1. The van der Waals surface area contributed by atoms with Crippen LogP contribution >= 0.6 is 11.3 Å². The highest BCUT2D eigenvalue weighted by atomic mass is 32.1. The molecule has 1 heterocycles. The molecule has 0 bridgehead atoms. The molecule has 0 radical (unpaired) electrons. The molecule has 0 aliphatic carbocycles. The Kier molecular flexibility index (Phi) is 4.31. The van der Waals surface area contributed by atoms with Gasteiger partial charge in [0.25, 0.3) is 0 Å². The van der Waals surface area contributed by atoms with E-state index >= 15 is 0 Å². The van der Waals surface area contributed by atoms with Crippen LogP contribution in [0.3, 0.4) is 0 Å². The van der Waals surface area contributed by atoms with Crippen molar-refractivity contribution in [2.45, 2.75) is 27.0 Å². The molecule has 1 N–H and O–H groups in total. The summed E-state index contributed by atoms with van der Waals surface area (Å²) in [5, 5.41) is 0. The van der Waals surface area contributed by atoms with Crippen LogP contribution in [-0.4, -0.2) is 0 Å². The van der Waals surface area contributed by atoms with Crippen molar-refractivity contribution in [2.75, 3.05) is 0 Å². The summed E-state index contributed by atoms with van der Waals surface area (Å²) >= 11 is 1.83. The molecule has 0 amide bonds. The zero-order valence-electron chi connectivity index (χ0n) is 10.2. The average molecular weight is 247 g/mol. The van der Waals surface area contributed by atoms with Gasteiger partial charge >= 0.3 is 0 Å². The maximum absolute atomic E-state index is 5.44. The maximum atomic E-state index is 5.44. The van der Waals surface area contributed by atoms with Gasteiger partial charge in [0.2, 0.25) is 0 Å². The van der Waals surface area contributed by atoms with Crippen molar-refractivity contribution in [1.82, 2.24) is 5.48 Å². The third-order valence-electron chi connectivity index (χ3n) is 2.59. The molecule has 90 valence electrons. The summed E-state index contributed by atoms with van der Waals surface area (Å²) in [6, 6.07) is 12.4. The fourth-order valence-corrected chi connectivity index (χ4v) is 2.64. The molecule has 0 aliphatic heterocycles. The lowest BCUT2D eigenvalue weighted by molar-refractivity contribution is 0.0235. The van der Waals surface area contributed by atoms with Crippen LogP contribution in [0.2, 0.25) is 0 Å². The van der Waals surface area contributed by atoms with E-state index in [4.69, 9.17) is 4.84 Å². The molecule has 0 aliphatic rings. The van der Waals surface area contributed by atoms with Crippen LogP contribution < -0.4 is 5.48 Å². The van der Waals surface area contributed by atoms with Crippen LogP contribution in [0, 0.1) is 13.8 Å². The number of aryl methyl sites for hydroxylation is 2. The van der Waals surface area contributed by atoms with Crippen LogP contribution in [-0.2, 0) is 18.0 Å². The van der Waals surface area contributed by atoms with Gasteiger partial charge in [-0.25, -0.2) is 0 Å². The van der Waals surface area contributed by atoms with Gasteiger partial charge in [-0.3, -0.25) is 4.84 Å². The van der Waals surface area contributed by atoms with Gasteiger partial charge in [-0.2, -0.15) is 5.48 Å². The quantitative estimate of drug-likeness (QED) is 0.644. The molecular weight excluding hydrogens is 230 g/mol. The fraction of sp³-hybridized carbons (Fsp3) is 0.286. The summed E-state index contributed by atoms with van der Waals surface area (Å²) in [4.78, 5) is 8.15. The molecule has 2 aromatic rings. The first-order chi connectivity index (χ1) is 8.25. The van der Waals surface area contributed by atoms with E-state index < -0.39 is 0 Å². The van der Waals surface area contributed by atoms with Gasteiger partial charge in [0, 0.05) is 16.3 Å². The lowest BCUT2D eigenvalue weighted by Crippen LogP contribution is -2.13. The van der Waals surface area contributed by atoms with Gasteiger partial charge in [0.1, 0.15) is 0 Å². The SMILES string of the molecule is Cc1cc(CNOCc2ccccc2)c(C)s1. The Morgan fingerprint density at radius 2 is 1.94 bits per heavy atom. The standard InChI is InChI=1S/C14H17NOS/c1-11-8-14(12(2)17-11)9-15-16-10-13-6-4-3-5-7-13/h3-8,15H,9-10H2,1-2H3. The van der Waals surface area contributed by atoms with Crippen LogP contribution in [0.1, 0.15) is 20.9 Å². The summed E-state index contributed by atoms with van der Waals surface area (Å²) in [5.41, 5.74) is 5.51. The predicted molar refractivity (Wildman–Crippen MR) is 71.9 cm³/mol. The highest BCUT2D eigenvalue weighted by Gasteiger charge is 2.01. The van der Waals surface area contributed by atoms with Crippen molar-refractivity contribution >= 4 is 11.3 Å². The van der Waals surface area contributed by atoms with Gasteiger partial charge in [-0.15, -0.1) is 11.3 Å². The highest BCUT2D eigenvalue weighted by Crippen LogP contribution is 2.20. The molecule has 1 aromatic carbocycles. The Labute approximate surface area is 106 Å². The molecule has 0 saturated carbocycles. The summed E-state index contributed by atoms with van der Waals surface area (Å²) in [5.74, 6) is 0. The topological polar surface area (TPSA) is 21.3 Å². The van der Waals surface area contributed by atoms with E-state index in [1.807, 2.05) is 29.5 Å². The van der Waals surface area contributed by atoms with Crippen LogP contribution in [0.15, 0.2) is 36.4 Å². The van der Waals surface area contributed by atoms with Crippen molar-refractivity contribution in [1.29, 1.82) is 0 Å².